The van der Waals surface area contributed by atoms with Crippen LogP contribution in [-0.2, 0) is 31.9 Å². The van der Waals surface area contributed by atoms with Crippen molar-refractivity contribution in [2.45, 2.75) is 39.5 Å². The molecular weight excluding hydrogens is 719 g/mol. The van der Waals surface area contributed by atoms with E-state index < -0.39 is 0 Å². The molecule has 221 valence electrons. The number of aryl methyl sites for hydroxylation is 1. The van der Waals surface area contributed by atoms with E-state index in [-0.39, 0.29) is 25.5 Å². The largest absolute Gasteiger partial charge is 0.486 e. The second kappa shape index (κ2) is 13.5. The molecular formula is C39H33IrN3O-2. The number of hydrogen-bond donors (Lipinski definition) is 0. The van der Waals surface area contributed by atoms with E-state index in [0.717, 1.165) is 51.0 Å². The standard InChI is InChI=1S/C27H23N2O.C12H10N.Ir/c1-27(2,3)19-14-15-28-24(17-19)23-11-7-10-21-22-13-12-20(29-26(22)30-25(21)23)16-18-8-5-4-6-9-18;1-10-7-8-12(13-9-10)11-5-3-2-4-6-11;/h4-10,12-15,17H,16H2,1-3H3;2-5,7-9H,1H3;/q2*-1;. The second-order valence-corrected chi connectivity index (χ2v) is 11.7. The number of hydrogen-bond acceptors (Lipinski definition) is 4. The number of furan rings is 1. The molecule has 4 heterocycles. The molecule has 0 saturated heterocycles. The SMILES string of the molecule is CC(C)(C)c1ccnc(-c2[c-]ccc3c2oc2nc(Cc4ccccc4)ccc23)c1.Cc1ccc(-c2[c-]cccc2)nc1.[Ir]. The normalized spacial score (nSPS) is 11.1. The van der Waals surface area contributed by atoms with Crippen LogP contribution < -0.4 is 0 Å². The van der Waals surface area contributed by atoms with Gasteiger partial charge in [0.25, 0.3) is 0 Å². The van der Waals surface area contributed by atoms with Crippen molar-refractivity contribution in [2.24, 2.45) is 0 Å². The van der Waals surface area contributed by atoms with Gasteiger partial charge in [-0.25, -0.2) is 4.98 Å². The Morgan fingerprint density at radius 3 is 2.30 bits per heavy atom. The minimum absolute atomic E-state index is 0. The fourth-order valence-electron chi connectivity index (χ4n) is 4.97. The first-order valence-electron chi connectivity index (χ1n) is 14.5. The minimum Gasteiger partial charge on any atom is -0.486 e. The number of rotatable bonds is 4. The van der Waals surface area contributed by atoms with E-state index in [2.05, 4.69) is 97.5 Å². The molecule has 7 aromatic rings. The van der Waals surface area contributed by atoms with Gasteiger partial charge in [-0.2, -0.15) is 0 Å². The summed E-state index contributed by atoms with van der Waals surface area (Å²) in [4.78, 5) is 13.7. The molecule has 0 saturated carbocycles. The Balaban J connectivity index is 0.000000230. The van der Waals surface area contributed by atoms with Crippen LogP contribution >= 0.6 is 0 Å². The molecule has 0 aliphatic heterocycles. The summed E-state index contributed by atoms with van der Waals surface area (Å²) < 4.78 is 6.26. The molecule has 3 aromatic carbocycles. The average molecular weight is 752 g/mol. The van der Waals surface area contributed by atoms with Crippen LogP contribution in [0.15, 0.2) is 120 Å². The van der Waals surface area contributed by atoms with E-state index in [1.165, 1.54) is 16.7 Å². The topological polar surface area (TPSA) is 51.8 Å². The van der Waals surface area contributed by atoms with Crippen molar-refractivity contribution >= 4 is 22.1 Å². The van der Waals surface area contributed by atoms with E-state index in [1.54, 1.807) is 0 Å². The quantitative estimate of drug-likeness (QED) is 0.168. The summed E-state index contributed by atoms with van der Waals surface area (Å²) in [6, 6.07) is 41.1. The zero-order chi connectivity index (χ0) is 29.8. The summed E-state index contributed by atoms with van der Waals surface area (Å²) in [6.45, 7) is 8.65. The molecule has 0 aliphatic rings. The van der Waals surface area contributed by atoms with Gasteiger partial charge in [0.05, 0.1) is 5.58 Å². The van der Waals surface area contributed by atoms with Gasteiger partial charge in [-0.3, -0.25) is 0 Å². The number of pyridine rings is 3. The Kier molecular flexibility index (Phi) is 9.49. The van der Waals surface area contributed by atoms with Crippen LogP contribution in [0.25, 0.3) is 44.6 Å². The molecule has 0 bridgehead atoms. The first kappa shape index (κ1) is 31.0. The zero-order valence-corrected chi connectivity index (χ0v) is 27.7. The van der Waals surface area contributed by atoms with Crippen LogP contribution in [0.4, 0.5) is 0 Å². The molecule has 0 atom stereocenters. The van der Waals surface area contributed by atoms with E-state index in [0.29, 0.717) is 5.71 Å². The third-order valence-electron chi connectivity index (χ3n) is 7.36. The van der Waals surface area contributed by atoms with Crippen molar-refractivity contribution in [1.82, 2.24) is 15.0 Å². The average Bonchev–Trinajstić information content (AvgIpc) is 3.40. The maximum Gasteiger partial charge on any atom is 0.216 e. The van der Waals surface area contributed by atoms with Crippen LogP contribution in [0.5, 0.6) is 0 Å². The van der Waals surface area contributed by atoms with Crippen molar-refractivity contribution in [3.05, 3.63) is 150 Å². The molecule has 0 unspecified atom stereocenters. The molecule has 0 aliphatic carbocycles. The van der Waals surface area contributed by atoms with Gasteiger partial charge in [-0.15, -0.1) is 54.1 Å². The molecule has 1 radical (unpaired) electrons. The van der Waals surface area contributed by atoms with Crippen LogP contribution in [-0.4, -0.2) is 15.0 Å². The second-order valence-electron chi connectivity index (χ2n) is 11.7. The Bertz CT molecular complexity index is 1980. The molecule has 5 heteroatoms. The smallest absolute Gasteiger partial charge is 0.216 e. The van der Waals surface area contributed by atoms with Crippen molar-refractivity contribution in [2.75, 3.05) is 0 Å². The number of fused-ring (bicyclic) bond motifs is 3. The van der Waals surface area contributed by atoms with Gasteiger partial charge < -0.3 is 14.4 Å². The molecule has 4 aromatic heterocycles. The Morgan fingerprint density at radius 1 is 0.750 bits per heavy atom. The molecule has 7 rings (SSSR count). The summed E-state index contributed by atoms with van der Waals surface area (Å²) in [5, 5.41) is 2.06. The summed E-state index contributed by atoms with van der Waals surface area (Å²) in [6.07, 6.45) is 4.51. The number of nitrogens with zero attached hydrogens (tertiary/aromatic N) is 3. The molecule has 44 heavy (non-hydrogen) atoms. The van der Waals surface area contributed by atoms with Crippen LogP contribution in [0.3, 0.4) is 0 Å². The molecule has 0 fully saturated rings. The third kappa shape index (κ3) is 7.02. The van der Waals surface area contributed by atoms with Gasteiger partial charge >= 0.3 is 0 Å². The third-order valence-corrected chi connectivity index (χ3v) is 7.36. The van der Waals surface area contributed by atoms with Gasteiger partial charge in [0.2, 0.25) is 5.71 Å². The van der Waals surface area contributed by atoms with Crippen LogP contribution in [0.2, 0.25) is 0 Å². The van der Waals surface area contributed by atoms with Crippen molar-refractivity contribution in [3.63, 3.8) is 0 Å². The van der Waals surface area contributed by atoms with Gasteiger partial charge in [0.1, 0.15) is 0 Å². The summed E-state index contributed by atoms with van der Waals surface area (Å²) in [5.74, 6) is 0. The van der Waals surface area contributed by atoms with E-state index >= 15 is 0 Å². The first-order valence-corrected chi connectivity index (χ1v) is 14.5. The van der Waals surface area contributed by atoms with E-state index in [1.807, 2.05) is 67.8 Å². The summed E-state index contributed by atoms with van der Waals surface area (Å²) >= 11 is 0. The molecule has 4 nitrogen and oxygen atoms in total. The van der Waals surface area contributed by atoms with E-state index in [4.69, 9.17) is 9.40 Å². The predicted octanol–water partition coefficient (Wildman–Crippen LogP) is 9.59. The maximum atomic E-state index is 6.26. The Labute approximate surface area is 272 Å². The zero-order valence-electron chi connectivity index (χ0n) is 25.3. The molecule has 0 spiro atoms. The van der Waals surface area contributed by atoms with Gasteiger partial charge in [-0.1, -0.05) is 80.3 Å². The molecule has 0 N–H and O–H groups in total. The summed E-state index contributed by atoms with van der Waals surface area (Å²) in [5.41, 5.74) is 9.90. The van der Waals surface area contributed by atoms with Gasteiger partial charge in [0, 0.05) is 50.0 Å². The number of benzene rings is 3. The Hall–Kier alpha value is -4.44. The van der Waals surface area contributed by atoms with E-state index in [9.17, 15) is 0 Å². The monoisotopic (exact) mass is 752 g/mol. The van der Waals surface area contributed by atoms with Crippen molar-refractivity contribution in [3.8, 4) is 22.5 Å². The van der Waals surface area contributed by atoms with Gasteiger partial charge in [-0.05, 0) is 58.6 Å². The minimum atomic E-state index is 0. The molecule has 0 amide bonds. The van der Waals surface area contributed by atoms with Crippen LogP contribution in [0.1, 0.15) is 43.2 Å². The first-order chi connectivity index (χ1) is 20.8. The fourth-order valence-corrected chi connectivity index (χ4v) is 4.97. The van der Waals surface area contributed by atoms with Gasteiger partial charge in [0.15, 0.2) is 0 Å². The van der Waals surface area contributed by atoms with Crippen molar-refractivity contribution < 1.29 is 24.5 Å². The fraction of sp³-hybridized carbons (Fsp3) is 0.154. The number of aromatic nitrogens is 3. The predicted molar refractivity (Wildman–Crippen MR) is 175 cm³/mol. The summed E-state index contributed by atoms with van der Waals surface area (Å²) in [7, 11) is 0. The van der Waals surface area contributed by atoms with Crippen LogP contribution in [0, 0.1) is 19.1 Å². The maximum absolute atomic E-state index is 6.26. The van der Waals surface area contributed by atoms with Crippen molar-refractivity contribution in [1.29, 1.82) is 0 Å². The Morgan fingerprint density at radius 2 is 1.57 bits per heavy atom.